The Morgan fingerprint density at radius 3 is 2.78 bits per heavy atom. The van der Waals surface area contributed by atoms with E-state index < -0.39 is 5.54 Å². The van der Waals surface area contributed by atoms with E-state index in [9.17, 15) is 4.79 Å². The number of nitrogens with zero attached hydrogens (tertiary/aromatic N) is 4. The van der Waals surface area contributed by atoms with E-state index in [0.29, 0.717) is 17.5 Å². The van der Waals surface area contributed by atoms with Crippen molar-refractivity contribution < 1.29 is 9.32 Å². The molecule has 4 rings (SSSR count). The minimum atomic E-state index is -0.500. The molecule has 1 fully saturated rings. The molecule has 1 N–H and O–H groups in total. The van der Waals surface area contributed by atoms with Crippen LogP contribution in [0.15, 0.2) is 33.9 Å². The van der Waals surface area contributed by atoms with E-state index in [1.807, 2.05) is 18.2 Å². The maximum atomic E-state index is 12.7. The van der Waals surface area contributed by atoms with Gasteiger partial charge in [0.05, 0.1) is 16.8 Å². The lowest BCUT2D eigenvalue weighted by Crippen LogP contribution is -2.45. The SMILES string of the molecule is CCn1c(SCC(=O)NC2(c3noc(C)n3)CCCC2)nc2ccccc21. The molecule has 0 spiro atoms. The number of amides is 1. The van der Waals surface area contributed by atoms with Crippen LogP contribution in [-0.4, -0.2) is 31.4 Å². The molecule has 1 aromatic carbocycles. The van der Waals surface area contributed by atoms with Gasteiger partial charge in [0, 0.05) is 13.5 Å². The van der Waals surface area contributed by atoms with Crippen molar-refractivity contribution in [3.63, 3.8) is 0 Å². The minimum Gasteiger partial charge on any atom is -0.342 e. The Balaban J connectivity index is 1.48. The number of nitrogens with one attached hydrogen (secondary N) is 1. The van der Waals surface area contributed by atoms with Gasteiger partial charge in [-0.05, 0) is 31.9 Å². The summed E-state index contributed by atoms with van der Waals surface area (Å²) in [5, 5.41) is 8.12. The zero-order valence-electron chi connectivity index (χ0n) is 15.6. The molecule has 0 atom stereocenters. The fourth-order valence-corrected chi connectivity index (χ4v) is 4.66. The average Bonchev–Trinajstić information content (AvgIpc) is 3.38. The summed E-state index contributed by atoms with van der Waals surface area (Å²) >= 11 is 1.46. The largest absolute Gasteiger partial charge is 0.342 e. The van der Waals surface area contributed by atoms with Gasteiger partial charge in [-0.25, -0.2) is 4.98 Å². The second kappa shape index (κ2) is 7.34. The van der Waals surface area contributed by atoms with Crippen molar-refractivity contribution in [2.24, 2.45) is 0 Å². The normalized spacial score (nSPS) is 16.1. The van der Waals surface area contributed by atoms with Gasteiger partial charge in [0.2, 0.25) is 11.8 Å². The van der Waals surface area contributed by atoms with Crippen LogP contribution < -0.4 is 5.32 Å². The molecular formula is C19H23N5O2S. The maximum Gasteiger partial charge on any atom is 0.231 e. The van der Waals surface area contributed by atoms with Crippen molar-refractivity contribution in [2.75, 3.05) is 5.75 Å². The quantitative estimate of drug-likeness (QED) is 0.654. The third-order valence-corrected chi connectivity index (χ3v) is 6.04. The fraction of sp³-hybridized carbons (Fsp3) is 0.474. The zero-order chi connectivity index (χ0) is 18.9. The smallest absolute Gasteiger partial charge is 0.231 e. The van der Waals surface area contributed by atoms with E-state index in [0.717, 1.165) is 48.4 Å². The second-order valence-corrected chi connectivity index (χ2v) is 7.83. The number of aromatic nitrogens is 4. The lowest BCUT2D eigenvalue weighted by Gasteiger charge is -2.26. The number of thioether (sulfide) groups is 1. The van der Waals surface area contributed by atoms with Crippen molar-refractivity contribution in [2.45, 2.75) is 56.8 Å². The predicted octanol–water partition coefficient (Wildman–Crippen LogP) is 3.43. The Kier molecular flexibility index (Phi) is 4.90. The molecule has 27 heavy (non-hydrogen) atoms. The number of carbonyl (C=O) groups excluding carboxylic acids is 1. The first kappa shape index (κ1) is 18.0. The molecule has 3 aromatic rings. The summed E-state index contributed by atoms with van der Waals surface area (Å²) in [6, 6.07) is 8.04. The molecule has 0 saturated heterocycles. The third kappa shape index (κ3) is 3.45. The highest BCUT2D eigenvalue weighted by atomic mass is 32.2. The lowest BCUT2D eigenvalue weighted by atomic mass is 9.96. The maximum absolute atomic E-state index is 12.7. The topological polar surface area (TPSA) is 85.8 Å². The second-order valence-electron chi connectivity index (χ2n) is 6.89. The predicted molar refractivity (Wildman–Crippen MR) is 103 cm³/mol. The van der Waals surface area contributed by atoms with E-state index in [1.54, 1.807) is 6.92 Å². The number of aryl methyl sites for hydroxylation is 2. The number of rotatable bonds is 6. The highest BCUT2D eigenvalue weighted by Gasteiger charge is 2.41. The average molecular weight is 385 g/mol. The number of benzene rings is 1. The van der Waals surface area contributed by atoms with Gasteiger partial charge in [-0.3, -0.25) is 4.79 Å². The molecule has 1 amide bonds. The van der Waals surface area contributed by atoms with Gasteiger partial charge in [-0.15, -0.1) is 0 Å². The van der Waals surface area contributed by atoms with Crippen LogP contribution in [0.4, 0.5) is 0 Å². The van der Waals surface area contributed by atoms with Gasteiger partial charge in [-0.1, -0.05) is 41.9 Å². The Hall–Kier alpha value is -2.35. The molecule has 0 bridgehead atoms. The number of hydrogen-bond donors (Lipinski definition) is 1. The molecule has 1 aliphatic carbocycles. The number of fused-ring (bicyclic) bond motifs is 1. The van der Waals surface area contributed by atoms with Crippen molar-refractivity contribution in [3.05, 3.63) is 36.0 Å². The first-order chi connectivity index (χ1) is 13.1. The first-order valence-corrected chi connectivity index (χ1v) is 10.3. The van der Waals surface area contributed by atoms with Crippen molar-refractivity contribution in [1.29, 1.82) is 0 Å². The van der Waals surface area contributed by atoms with Crippen LogP contribution in [0, 0.1) is 6.92 Å². The number of imidazole rings is 1. The van der Waals surface area contributed by atoms with Crippen LogP contribution in [0.1, 0.15) is 44.3 Å². The molecule has 0 radical (unpaired) electrons. The summed E-state index contributed by atoms with van der Waals surface area (Å²) in [5.74, 6) is 1.40. The van der Waals surface area contributed by atoms with Crippen LogP contribution in [0.2, 0.25) is 0 Å². The lowest BCUT2D eigenvalue weighted by molar-refractivity contribution is -0.120. The molecule has 1 aliphatic rings. The Morgan fingerprint density at radius 2 is 2.07 bits per heavy atom. The van der Waals surface area contributed by atoms with E-state index in [2.05, 4.69) is 38.0 Å². The number of para-hydroxylation sites is 2. The molecule has 2 heterocycles. The van der Waals surface area contributed by atoms with Crippen LogP contribution in [0.3, 0.4) is 0 Å². The van der Waals surface area contributed by atoms with Gasteiger partial charge in [0.15, 0.2) is 11.0 Å². The van der Waals surface area contributed by atoms with Gasteiger partial charge >= 0.3 is 0 Å². The van der Waals surface area contributed by atoms with Crippen molar-refractivity contribution in [3.8, 4) is 0 Å². The highest BCUT2D eigenvalue weighted by Crippen LogP contribution is 2.37. The zero-order valence-corrected chi connectivity index (χ0v) is 16.4. The molecule has 7 nitrogen and oxygen atoms in total. The van der Waals surface area contributed by atoms with Crippen LogP contribution >= 0.6 is 11.8 Å². The highest BCUT2D eigenvalue weighted by molar-refractivity contribution is 7.99. The van der Waals surface area contributed by atoms with E-state index >= 15 is 0 Å². The summed E-state index contributed by atoms with van der Waals surface area (Å²) in [6.45, 7) is 4.67. The third-order valence-electron chi connectivity index (χ3n) is 5.06. The van der Waals surface area contributed by atoms with Crippen LogP contribution in [0.5, 0.6) is 0 Å². The summed E-state index contributed by atoms with van der Waals surface area (Å²) in [7, 11) is 0. The van der Waals surface area contributed by atoms with Crippen LogP contribution in [0.25, 0.3) is 11.0 Å². The van der Waals surface area contributed by atoms with Gasteiger partial charge in [0.1, 0.15) is 5.54 Å². The minimum absolute atomic E-state index is 0.0286. The van der Waals surface area contributed by atoms with Crippen molar-refractivity contribution >= 4 is 28.7 Å². The summed E-state index contributed by atoms with van der Waals surface area (Å²) in [6.07, 6.45) is 3.78. The van der Waals surface area contributed by atoms with Gasteiger partial charge in [0.25, 0.3) is 0 Å². The van der Waals surface area contributed by atoms with E-state index in [-0.39, 0.29) is 5.91 Å². The molecule has 1 saturated carbocycles. The molecule has 0 aliphatic heterocycles. The molecular weight excluding hydrogens is 362 g/mol. The number of hydrogen-bond acceptors (Lipinski definition) is 6. The monoisotopic (exact) mass is 385 g/mol. The Bertz CT molecular complexity index is 958. The van der Waals surface area contributed by atoms with E-state index in [4.69, 9.17) is 4.52 Å². The number of carbonyl (C=O) groups is 1. The van der Waals surface area contributed by atoms with E-state index in [1.165, 1.54) is 11.8 Å². The molecule has 0 unspecified atom stereocenters. The molecule has 8 heteroatoms. The Morgan fingerprint density at radius 1 is 1.30 bits per heavy atom. The fourth-order valence-electron chi connectivity index (χ4n) is 3.78. The summed E-state index contributed by atoms with van der Waals surface area (Å²) in [4.78, 5) is 21.8. The Labute approximate surface area is 161 Å². The summed E-state index contributed by atoms with van der Waals surface area (Å²) < 4.78 is 7.29. The van der Waals surface area contributed by atoms with Gasteiger partial charge < -0.3 is 14.4 Å². The van der Waals surface area contributed by atoms with Crippen molar-refractivity contribution in [1.82, 2.24) is 25.0 Å². The molecule has 2 aromatic heterocycles. The van der Waals surface area contributed by atoms with Crippen LogP contribution in [-0.2, 0) is 16.9 Å². The van der Waals surface area contributed by atoms with Gasteiger partial charge in [-0.2, -0.15) is 4.98 Å². The standard InChI is InChI=1S/C19H23N5O2S/c1-3-24-15-9-5-4-8-14(15)21-18(24)27-12-16(25)22-19(10-6-7-11-19)17-20-13(2)26-23-17/h4-5,8-9H,3,6-7,10-12H2,1-2H3,(H,22,25). The first-order valence-electron chi connectivity index (χ1n) is 9.31. The summed E-state index contributed by atoms with van der Waals surface area (Å²) in [5.41, 5.74) is 1.55. The molecule has 142 valence electrons.